The maximum atomic E-state index is 12.6. The molecule has 0 spiro atoms. The molecule has 4 rings (SSSR count). The van der Waals surface area contributed by atoms with E-state index < -0.39 is 10.0 Å². The first kappa shape index (κ1) is 19.8. The predicted molar refractivity (Wildman–Crippen MR) is 108 cm³/mol. The van der Waals surface area contributed by atoms with Crippen LogP contribution in [0.15, 0.2) is 57.4 Å². The van der Waals surface area contributed by atoms with Gasteiger partial charge >= 0.3 is 0 Å². The molecule has 9 heteroatoms. The molecule has 0 N–H and O–H groups in total. The first-order valence-corrected chi connectivity index (χ1v) is 11.6. The quantitative estimate of drug-likeness (QED) is 0.542. The number of thiazole rings is 1. The molecule has 3 heterocycles. The third-order valence-corrected chi connectivity index (χ3v) is 7.39. The SMILES string of the molecule is O=C(COc1ccco1)Cc1nc(-c2ccc(S(=O)(=O)N3CCCC3)cc2)cs1. The van der Waals surface area contributed by atoms with Crippen molar-refractivity contribution in [3.63, 3.8) is 0 Å². The lowest BCUT2D eigenvalue weighted by Crippen LogP contribution is -2.27. The number of hydrogen-bond acceptors (Lipinski definition) is 7. The molecule has 2 aromatic heterocycles. The molecule has 1 saturated heterocycles. The summed E-state index contributed by atoms with van der Waals surface area (Å²) in [7, 11) is -3.42. The van der Waals surface area contributed by atoms with Crippen LogP contribution in [0.25, 0.3) is 11.3 Å². The van der Waals surface area contributed by atoms with Crippen molar-refractivity contribution in [3.8, 4) is 17.2 Å². The lowest BCUT2D eigenvalue weighted by Gasteiger charge is -2.15. The Kier molecular flexibility index (Phi) is 5.79. The number of aromatic nitrogens is 1. The minimum absolute atomic E-state index is 0.0779. The Balaban J connectivity index is 1.39. The molecule has 152 valence electrons. The number of ether oxygens (including phenoxy) is 1. The van der Waals surface area contributed by atoms with Gasteiger partial charge in [0, 0.05) is 30.1 Å². The zero-order valence-corrected chi connectivity index (χ0v) is 17.2. The number of hydrogen-bond donors (Lipinski definition) is 0. The van der Waals surface area contributed by atoms with Crippen LogP contribution in [0.3, 0.4) is 0 Å². The van der Waals surface area contributed by atoms with Crippen LogP contribution in [0.4, 0.5) is 0 Å². The monoisotopic (exact) mass is 432 g/mol. The summed E-state index contributed by atoms with van der Waals surface area (Å²) in [5.74, 6) is 0.205. The van der Waals surface area contributed by atoms with Gasteiger partial charge in [0.25, 0.3) is 5.95 Å². The minimum atomic E-state index is -3.42. The van der Waals surface area contributed by atoms with Gasteiger partial charge in [-0.1, -0.05) is 12.1 Å². The second-order valence-electron chi connectivity index (χ2n) is 6.70. The van der Waals surface area contributed by atoms with Crippen molar-refractivity contribution in [2.45, 2.75) is 24.2 Å². The fourth-order valence-corrected chi connectivity index (χ4v) is 5.47. The van der Waals surface area contributed by atoms with Crippen molar-refractivity contribution in [1.29, 1.82) is 0 Å². The summed E-state index contributed by atoms with van der Waals surface area (Å²) in [4.78, 5) is 16.9. The molecule has 1 aromatic carbocycles. The van der Waals surface area contributed by atoms with E-state index in [4.69, 9.17) is 9.15 Å². The molecule has 0 aliphatic carbocycles. The molecule has 0 amide bonds. The van der Waals surface area contributed by atoms with E-state index in [2.05, 4.69) is 4.98 Å². The Bertz CT molecular complexity index is 1070. The Hall–Kier alpha value is -2.49. The number of ketones is 1. The topological polar surface area (TPSA) is 89.7 Å². The lowest BCUT2D eigenvalue weighted by molar-refractivity contribution is -0.120. The van der Waals surface area contributed by atoms with Crippen LogP contribution in [0.1, 0.15) is 17.8 Å². The van der Waals surface area contributed by atoms with Gasteiger partial charge in [-0.05, 0) is 31.0 Å². The van der Waals surface area contributed by atoms with E-state index in [1.54, 1.807) is 36.4 Å². The van der Waals surface area contributed by atoms with Crippen molar-refractivity contribution in [3.05, 3.63) is 53.0 Å². The molecule has 3 aromatic rings. The third kappa shape index (κ3) is 4.58. The number of sulfonamides is 1. The van der Waals surface area contributed by atoms with Gasteiger partial charge in [0.05, 0.1) is 23.3 Å². The molecular weight excluding hydrogens is 412 g/mol. The van der Waals surface area contributed by atoms with E-state index in [9.17, 15) is 13.2 Å². The molecule has 1 aliphatic rings. The van der Waals surface area contributed by atoms with Crippen molar-refractivity contribution in [1.82, 2.24) is 9.29 Å². The van der Waals surface area contributed by atoms with Gasteiger partial charge in [0.2, 0.25) is 10.0 Å². The summed E-state index contributed by atoms with van der Waals surface area (Å²) in [6.07, 6.45) is 3.47. The van der Waals surface area contributed by atoms with Gasteiger partial charge in [0.1, 0.15) is 5.01 Å². The van der Waals surface area contributed by atoms with Gasteiger partial charge in [0.15, 0.2) is 12.4 Å². The predicted octanol–water partition coefficient (Wildman–Crippen LogP) is 3.38. The van der Waals surface area contributed by atoms with E-state index >= 15 is 0 Å². The molecule has 0 bridgehead atoms. The summed E-state index contributed by atoms with van der Waals surface area (Å²) in [5, 5.41) is 2.54. The first-order chi connectivity index (χ1) is 14.0. The standard InChI is InChI=1S/C20H20N2O5S2/c23-16(13-27-20-4-3-11-26-20)12-19-21-18(14-28-19)15-5-7-17(8-6-15)29(24,25)22-9-1-2-10-22/h3-8,11,14H,1-2,9-10,12-13H2. The Morgan fingerprint density at radius 3 is 2.62 bits per heavy atom. The van der Waals surface area contributed by atoms with E-state index in [-0.39, 0.29) is 18.8 Å². The highest BCUT2D eigenvalue weighted by Gasteiger charge is 2.27. The summed E-state index contributed by atoms with van der Waals surface area (Å²) in [6.45, 7) is 1.08. The molecule has 0 atom stereocenters. The molecule has 0 radical (unpaired) electrons. The molecule has 29 heavy (non-hydrogen) atoms. The number of benzene rings is 1. The van der Waals surface area contributed by atoms with Crippen LogP contribution < -0.4 is 4.74 Å². The molecule has 7 nitrogen and oxygen atoms in total. The van der Waals surface area contributed by atoms with Crippen LogP contribution in [-0.2, 0) is 21.2 Å². The van der Waals surface area contributed by atoms with Gasteiger partial charge in [-0.3, -0.25) is 4.79 Å². The van der Waals surface area contributed by atoms with Crippen LogP contribution in [0.2, 0.25) is 0 Å². The van der Waals surface area contributed by atoms with E-state index in [0.717, 1.165) is 24.1 Å². The maximum Gasteiger partial charge on any atom is 0.284 e. The fraction of sp³-hybridized carbons (Fsp3) is 0.300. The Morgan fingerprint density at radius 2 is 1.93 bits per heavy atom. The normalized spacial score (nSPS) is 14.9. The number of carbonyl (C=O) groups is 1. The zero-order valence-electron chi connectivity index (χ0n) is 15.6. The number of furan rings is 1. The van der Waals surface area contributed by atoms with Crippen molar-refractivity contribution in [2.75, 3.05) is 19.7 Å². The Morgan fingerprint density at radius 1 is 1.17 bits per heavy atom. The lowest BCUT2D eigenvalue weighted by atomic mass is 10.2. The van der Waals surface area contributed by atoms with Crippen LogP contribution >= 0.6 is 11.3 Å². The summed E-state index contributed by atoms with van der Waals surface area (Å²) in [6, 6.07) is 10.1. The Labute approximate surface area is 173 Å². The van der Waals surface area contributed by atoms with Crippen molar-refractivity contribution in [2.24, 2.45) is 0 Å². The van der Waals surface area contributed by atoms with Crippen LogP contribution in [-0.4, -0.2) is 43.2 Å². The van der Waals surface area contributed by atoms with Crippen LogP contribution in [0.5, 0.6) is 5.95 Å². The number of carbonyl (C=O) groups excluding carboxylic acids is 1. The summed E-state index contributed by atoms with van der Waals surface area (Å²) < 4.78 is 37.0. The number of nitrogens with zero attached hydrogens (tertiary/aromatic N) is 2. The van der Waals surface area contributed by atoms with E-state index in [0.29, 0.717) is 28.9 Å². The second-order valence-corrected chi connectivity index (χ2v) is 9.58. The summed E-state index contributed by atoms with van der Waals surface area (Å²) in [5.41, 5.74) is 1.53. The van der Waals surface area contributed by atoms with Crippen molar-refractivity contribution < 1.29 is 22.4 Å². The molecule has 1 aliphatic heterocycles. The third-order valence-electron chi connectivity index (χ3n) is 4.62. The second kappa shape index (κ2) is 8.48. The van der Waals surface area contributed by atoms with Crippen LogP contribution in [0, 0.1) is 0 Å². The smallest absolute Gasteiger partial charge is 0.284 e. The largest absolute Gasteiger partial charge is 0.457 e. The average molecular weight is 433 g/mol. The highest BCUT2D eigenvalue weighted by Crippen LogP contribution is 2.26. The average Bonchev–Trinajstić information content (AvgIpc) is 3.49. The number of rotatable bonds is 8. The van der Waals surface area contributed by atoms with Gasteiger partial charge in [-0.15, -0.1) is 11.3 Å². The zero-order chi connectivity index (χ0) is 20.3. The van der Waals surface area contributed by atoms with Gasteiger partial charge in [-0.25, -0.2) is 13.4 Å². The van der Waals surface area contributed by atoms with Crippen molar-refractivity contribution >= 4 is 27.1 Å². The highest BCUT2D eigenvalue weighted by atomic mass is 32.2. The molecule has 0 unspecified atom stereocenters. The fourth-order valence-electron chi connectivity index (χ4n) is 3.12. The summed E-state index contributed by atoms with van der Waals surface area (Å²) >= 11 is 1.39. The maximum absolute atomic E-state index is 12.6. The van der Waals surface area contributed by atoms with E-state index in [1.165, 1.54) is 21.9 Å². The molecule has 1 fully saturated rings. The molecular formula is C20H20N2O5S2. The highest BCUT2D eigenvalue weighted by molar-refractivity contribution is 7.89. The van der Waals surface area contributed by atoms with Gasteiger partial charge < -0.3 is 9.15 Å². The van der Waals surface area contributed by atoms with Gasteiger partial charge in [-0.2, -0.15) is 4.31 Å². The first-order valence-electron chi connectivity index (χ1n) is 9.25. The molecule has 0 saturated carbocycles. The van der Waals surface area contributed by atoms with E-state index in [1.807, 2.05) is 5.38 Å². The number of Topliss-reactive ketones (excluding diaryl/α,β-unsaturated/α-hetero) is 1. The minimum Gasteiger partial charge on any atom is -0.457 e.